The van der Waals surface area contributed by atoms with Gasteiger partial charge in [0.25, 0.3) is 0 Å². The van der Waals surface area contributed by atoms with Gasteiger partial charge in [-0.05, 0) is 37.8 Å². The van der Waals surface area contributed by atoms with Crippen LogP contribution in [0, 0.1) is 6.92 Å². The standard InChI is InChI=1S/C11H17N/c1-9-5-3-4-6-11(9)8-7-10(2)12/h3-6,10H,7-8,12H2,1-2H3/t10-/m1/s1. The van der Waals surface area contributed by atoms with E-state index in [2.05, 4.69) is 38.1 Å². The average molecular weight is 163 g/mol. The van der Waals surface area contributed by atoms with E-state index in [1.54, 1.807) is 0 Å². The lowest BCUT2D eigenvalue weighted by Crippen LogP contribution is -2.15. The molecule has 0 saturated carbocycles. The number of aryl methyl sites for hydroxylation is 2. The van der Waals surface area contributed by atoms with Gasteiger partial charge in [0.15, 0.2) is 0 Å². The Labute approximate surface area is 74.6 Å². The zero-order valence-corrected chi connectivity index (χ0v) is 7.88. The molecule has 0 radical (unpaired) electrons. The smallest absolute Gasteiger partial charge is 0.00136 e. The minimum absolute atomic E-state index is 0.310. The predicted octanol–water partition coefficient (Wildman–Crippen LogP) is 2.27. The Balaban J connectivity index is 2.57. The van der Waals surface area contributed by atoms with Crippen LogP contribution in [0.2, 0.25) is 0 Å². The molecule has 66 valence electrons. The largest absolute Gasteiger partial charge is 0.328 e. The molecule has 1 heteroatoms. The summed E-state index contributed by atoms with van der Waals surface area (Å²) in [6.07, 6.45) is 2.18. The van der Waals surface area contributed by atoms with Crippen molar-refractivity contribution in [2.24, 2.45) is 5.73 Å². The number of rotatable bonds is 3. The molecule has 0 aliphatic carbocycles. The second-order valence-corrected chi connectivity index (χ2v) is 3.44. The average Bonchev–Trinajstić information content (AvgIpc) is 2.03. The Morgan fingerprint density at radius 3 is 2.58 bits per heavy atom. The van der Waals surface area contributed by atoms with Crippen molar-refractivity contribution in [3.8, 4) is 0 Å². The number of hydrogen-bond acceptors (Lipinski definition) is 1. The number of hydrogen-bond donors (Lipinski definition) is 1. The van der Waals surface area contributed by atoms with E-state index in [1.165, 1.54) is 11.1 Å². The minimum atomic E-state index is 0.310. The highest BCUT2D eigenvalue weighted by atomic mass is 14.6. The highest BCUT2D eigenvalue weighted by Crippen LogP contribution is 2.09. The van der Waals surface area contributed by atoms with Gasteiger partial charge in [-0.1, -0.05) is 24.3 Å². The second-order valence-electron chi connectivity index (χ2n) is 3.44. The molecule has 0 amide bonds. The molecule has 0 saturated heterocycles. The van der Waals surface area contributed by atoms with E-state index in [0.717, 1.165) is 12.8 Å². The Bertz CT molecular complexity index is 241. The molecular weight excluding hydrogens is 146 g/mol. The molecule has 1 nitrogen and oxygen atoms in total. The molecule has 1 rings (SSSR count). The van der Waals surface area contributed by atoms with E-state index in [1.807, 2.05) is 0 Å². The number of nitrogens with two attached hydrogens (primary N) is 1. The summed E-state index contributed by atoms with van der Waals surface area (Å²) in [6, 6.07) is 8.80. The van der Waals surface area contributed by atoms with E-state index >= 15 is 0 Å². The molecule has 0 spiro atoms. The van der Waals surface area contributed by atoms with Crippen LogP contribution < -0.4 is 5.73 Å². The first-order valence-corrected chi connectivity index (χ1v) is 4.50. The summed E-state index contributed by atoms with van der Waals surface area (Å²) in [7, 11) is 0. The minimum Gasteiger partial charge on any atom is -0.328 e. The summed E-state index contributed by atoms with van der Waals surface area (Å²) >= 11 is 0. The summed E-state index contributed by atoms with van der Waals surface area (Å²) in [4.78, 5) is 0. The van der Waals surface area contributed by atoms with Crippen LogP contribution in [0.25, 0.3) is 0 Å². The third-order valence-corrected chi connectivity index (χ3v) is 2.13. The monoisotopic (exact) mass is 163 g/mol. The van der Waals surface area contributed by atoms with Gasteiger partial charge >= 0.3 is 0 Å². The van der Waals surface area contributed by atoms with Crippen LogP contribution in [0.3, 0.4) is 0 Å². The Morgan fingerprint density at radius 2 is 2.00 bits per heavy atom. The highest BCUT2D eigenvalue weighted by molar-refractivity contribution is 5.25. The van der Waals surface area contributed by atoms with Crippen molar-refractivity contribution in [1.29, 1.82) is 0 Å². The zero-order valence-electron chi connectivity index (χ0n) is 7.88. The molecule has 1 aromatic carbocycles. The lowest BCUT2D eigenvalue weighted by molar-refractivity contribution is 0.664. The van der Waals surface area contributed by atoms with Crippen LogP contribution in [-0.2, 0) is 6.42 Å². The van der Waals surface area contributed by atoms with Gasteiger partial charge in [0.1, 0.15) is 0 Å². The third kappa shape index (κ3) is 2.67. The molecule has 0 unspecified atom stereocenters. The van der Waals surface area contributed by atoms with Crippen LogP contribution in [-0.4, -0.2) is 6.04 Å². The van der Waals surface area contributed by atoms with Crippen molar-refractivity contribution in [1.82, 2.24) is 0 Å². The fourth-order valence-electron chi connectivity index (χ4n) is 1.27. The molecular formula is C11H17N. The van der Waals surface area contributed by atoms with E-state index in [-0.39, 0.29) is 0 Å². The van der Waals surface area contributed by atoms with E-state index in [0.29, 0.717) is 6.04 Å². The molecule has 0 aliphatic rings. The van der Waals surface area contributed by atoms with Gasteiger partial charge < -0.3 is 5.73 Å². The molecule has 0 aromatic heterocycles. The van der Waals surface area contributed by atoms with Crippen LogP contribution in [0.15, 0.2) is 24.3 Å². The summed E-state index contributed by atoms with van der Waals surface area (Å²) in [5.41, 5.74) is 8.49. The second kappa shape index (κ2) is 4.27. The van der Waals surface area contributed by atoms with Crippen LogP contribution in [0.4, 0.5) is 0 Å². The maximum Gasteiger partial charge on any atom is 0.00136 e. The van der Waals surface area contributed by atoms with Crippen molar-refractivity contribution in [3.05, 3.63) is 35.4 Å². The van der Waals surface area contributed by atoms with Crippen LogP contribution in [0.1, 0.15) is 24.5 Å². The van der Waals surface area contributed by atoms with Crippen molar-refractivity contribution in [3.63, 3.8) is 0 Å². The molecule has 0 aliphatic heterocycles. The summed E-state index contributed by atoms with van der Waals surface area (Å²) in [5, 5.41) is 0. The van der Waals surface area contributed by atoms with E-state index in [4.69, 9.17) is 5.73 Å². The first kappa shape index (κ1) is 9.27. The molecule has 1 aromatic rings. The maximum absolute atomic E-state index is 5.69. The Hall–Kier alpha value is -0.820. The summed E-state index contributed by atoms with van der Waals surface area (Å²) in [5.74, 6) is 0. The van der Waals surface area contributed by atoms with Gasteiger partial charge in [0, 0.05) is 6.04 Å². The van der Waals surface area contributed by atoms with E-state index < -0.39 is 0 Å². The van der Waals surface area contributed by atoms with Gasteiger partial charge in [-0.25, -0.2) is 0 Å². The quantitative estimate of drug-likeness (QED) is 0.726. The summed E-state index contributed by atoms with van der Waals surface area (Å²) < 4.78 is 0. The molecule has 2 N–H and O–H groups in total. The van der Waals surface area contributed by atoms with Crippen molar-refractivity contribution < 1.29 is 0 Å². The zero-order chi connectivity index (χ0) is 8.97. The maximum atomic E-state index is 5.69. The third-order valence-electron chi connectivity index (χ3n) is 2.13. The van der Waals surface area contributed by atoms with Gasteiger partial charge in [-0.2, -0.15) is 0 Å². The van der Waals surface area contributed by atoms with Crippen LogP contribution >= 0.6 is 0 Å². The van der Waals surface area contributed by atoms with Gasteiger partial charge in [-0.3, -0.25) is 0 Å². The lowest BCUT2D eigenvalue weighted by atomic mass is 10.0. The van der Waals surface area contributed by atoms with E-state index in [9.17, 15) is 0 Å². The topological polar surface area (TPSA) is 26.0 Å². The molecule has 0 bridgehead atoms. The lowest BCUT2D eigenvalue weighted by Gasteiger charge is -2.07. The number of benzene rings is 1. The highest BCUT2D eigenvalue weighted by Gasteiger charge is 1.98. The molecule has 12 heavy (non-hydrogen) atoms. The fraction of sp³-hybridized carbons (Fsp3) is 0.455. The van der Waals surface area contributed by atoms with Crippen LogP contribution in [0.5, 0.6) is 0 Å². The molecule has 1 atom stereocenters. The summed E-state index contributed by atoms with van der Waals surface area (Å²) in [6.45, 7) is 4.20. The fourth-order valence-corrected chi connectivity index (χ4v) is 1.27. The normalized spacial score (nSPS) is 12.9. The SMILES string of the molecule is Cc1ccccc1CC[C@@H](C)N. The van der Waals surface area contributed by atoms with Gasteiger partial charge in [0.2, 0.25) is 0 Å². The van der Waals surface area contributed by atoms with Gasteiger partial charge in [0.05, 0.1) is 0 Å². The Kier molecular flexibility index (Phi) is 3.30. The Morgan fingerprint density at radius 1 is 1.33 bits per heavy atom. The molecule has 0 heterocycles. The van der Waals surface area contributed by atoms with Crippen molar-refractivity contribution in [2.75, 3.05) is 0 Å². The first-order chi connectivity index (χ1) is 5.70. The van der Waals surface area contributed by atoms with Crippen molar-refractivity contribution >= 4 is 0 Å². The molecule has 0 fully saturated rings. The van der Waals surface area contributed by atoms with Gasteiger partial charge in [-0.15, -0.1) is 0 Å². The first-order valence-electron chi connectivity index (χ1n) is 4.50. The van der Waals surface area contributed by atoms with Crippen molar-refractivity contribution in [2.45, 2.75) is 32.7 Å². The predicted molar refractivity (Wildman–Crippen MR) is 53.1 cm³/mol.